The zero-order valence-corrected chi connectivity index (χ0v) is 7.79. The van der Waals surface area contributed by atoms with Gasteiger partial charge in [0.15, 0.2) is 0 Å². The Labute approximate surface area is 78.2 Å². The third kappa shape index (κ3) is 1.54. The number of hydrogen-bond acceptors (Lipinski definition) is 2. The molecule has 1 aliphatic heterocycles. The Bertz CT molecular complexity index is 283. The quantitative estimate of drug-likeness (QED) is 0.713. The maximum absolute atomic E-state index is 9.15. The van der Waals surface area contributed by atoms with Crippen LogP contribution in [0.5, 0.6) is 5.75 Å². The van der Waals surface area contributed by atoms with Crippen LogP contribution in [0.3, 0.4) is 0 Å². The summed E-state index contributed by atoms with van der Waals surface area (Å²) in [5.74, 6) is 0.325. The van der Waals surface area contributed by atoms with Crippen LogP contribution in [0.1, 0.15) is 18.9 Å². The molecule has 2 nitrogen and oxygen atoms in total. The fraction of sp³-hybridized carbons (Fsp3) is 0.455. The largest absolute Gasteiger partial charge is 0.508 e. The molecule has 2 heteroatoms. The van der Waals surface area contributed by atoms with Crippen molar-refractivity contribution in [2.24, 2.45) is 0 Å². The summed E-state index contributed by atoms with van der Waals surface area (Å²) in [6.45, 7) is 3.83. The third-order valence-electron chi connectivity index (χ3n) is 2.78. The van der Waals surface area contributed by atoms with Crippen LogP contribution in [0.15, 0.2) is 24.3 Å². The minimum absolute atomic E-state index is 0.147. The lowest BCUT2D eigenvalue weighted by atomic mass is 9.82. The molecule has 1 saturated heterocycles. The van der Waals surface area contributed by atoms with Crippen molar-refractivity contribution >= 4 is 0 Å². The van der Waals surface area contributed by atoms with Crippen molar-refractivity contribution in [2.75, 3.05) is 13.2 Å². The summed E-state index contributed by atoms with van der Waals surface area (Å²) < 4.78 is 5.38. The molecule has 70 valence electrons. The average molecular weight is 178 g/mol. The summed E-state index contributed by atoms with van der Waals surface area (Å²) in [4.78, 5) is 0. The molecule has 0 aliphatic carbocycles. The molecule has 1 heterocycles. The highest BCUT2D eigenvalue weighted by Gasteiger charge is 2.31. The highest BCUT2D eigenvalue weighted by Crippen LogP contribution is 2.33. The Morgan fingerprint density at radius 1 is 1.31 bits per heavy atom. The van der Waals surface area contributed by atoms with Crippen molar-refractivity contribution in [2.45, 2.75) is 18.8 Å². The van der Waals surface area contributed by atoms with E-state index in [1.807, 2.05) is 12.1 Å². The van der Waals surface area contributed by atoms with Gasteiger partial charge in [-0.15, -0.1) is 0 Å². The lowest BCUT2D eigenvalue weighted by molar-refractivity contribution is 0.181. The molecule has 1 fully saturated rings. The van der Waals surface area contributed by atoms with Gasteiger partial charge >= 0.3 is 0 Å². The maximum Gasteiger partial charge on any atom is 0.115 e. The van der Waals surface area contributed by atoms with Crippen molar-refractivity contribution in [1.29, 1.82) is 0 Å². The molecule has 0 bridgehead atoms. The standard InChI is InChI=1S/C11H14O2/c1-11(6-7-13-8-11)9-2-4-10(12)5-3-9/h2-5,12H,6-8H2,1H3. The van der Waals surface area contributed by atoms with Gasteiger partial charge < -0.3 is 9.84 Å². The summed E-state index contributed by atoms with van der Waals surface area (Å²) in [5, 5.41) is 9.15. The van der Waals surface area contributed by atoms with Crippen LogP contribution in [0.4, 0.5) is 0 Å². The Morgan fingerprint density at radius 2 is 2.00 bits per heavy atom. The van der Waals surface area contributed by atoms with Gasteiger partial charge in [0, 0.05) is 12.0 Å². The van der Waals surface area contributed by atoms with Crippen molar-refractivity contribution in [3.63, 3.8) is 0 Å². The second-order valence-corrected chi connectivity index (χ2v) is 3.91. The Morgan fingerprint density at radius 3 is 2.54 bits per heavy atom. The van der Waals surface area contributed by atoms with E-state index in [9.17, 15) is 0 Å². The van der Waals surface area contributed by atoms with Gasteiger partial charge in [0.2, 0.25) is 0 Å². The number of phenolic OH excluding ortho intramolecular Hbond substituents is 1. The summed E-state index contributed by atoms with van der Waals surface area (Å²) in [5.41, 5.74) is 1.40. The second kappa shape index (κ2) is 3.04. The number of phenols is 1. The van der Waals surface area contributed by atoms with E-state index in [2.05, 4.69) is 6.92 Å². The van der Waals surface area contributed by atoms with Crippen molar-refractivity contribution in [3.8, 4) is 5.75 Å². The summed E-state index contributed by atoms with van der Waals surface area (Å²) in [6, 6.07) is 7.42. The number of benzene rings is 1. The first-order valence-electron chi connectivity index (χ1n) is 4.58. The summed E-state index contributed by atoms with van der Waals surface area (Å²) in [6.07, 6.45) is 1.07. The number of aromatic hydroxyl groups is 1. The predicted octanol–water partition coefficient (Wildman–Crippen LogP) is 2.07. The SMILES string of the molecule is CC1(c2ccc(O)cc2)CCOC1. The van der Waals surface area contributed by atoms with E-state index in [-0.39, 0.29) is 5.41 Å². The fourth-order valence-electron chi connectivity index (χ4n) is 1.76. The van der Waals surface area contributed by atoms with Crippen LogP contribution in [0.2, 0.25) is 0 Å². The monoisotopic (exact) mass is 178 g/mol. The lowest BCUT2D eigenvalue weighted by Gasteiger charge is -2.21. The van der Waals surface area contributed by atoms with Gasteiger partial charge in [-0.3, -0.25) is 0 Å². The van der Waals surface area contributed by atoms with E-state index in [4.69, 9.17) is 9.84 Å². The zero-order chi connectivity index (χ0) is 9.31. The molecule has 13 heavy (non-hydrogen) atoms. The molecular weight excluding hydrogens is 164 g/mol. The highest BCUT2D eigenvalue weighted by molar-refractivity contribution is 5.31. The van der Waals surface area contributed by atoms with Crippen LogP contribution >= 0.6 is 0 Å². The van der Waals surface area contributed by atoms with E-state index in [0.717, 1.165) is 19.6 Å². The van der Waals surface area contributed by atoms with Crippen molar-refractivity contribution in [3.05, 3.63) is 29.8 Å². The topological polar surface area (TPSA) is 29.5 Å². The highest BCUT2D eigenvalue weighted by atomic mass is 16.5. The van der Waals surface area contributed by atoms with E-state index >= 15 is 0 Å². The maximum atomic E-state index is 9.15. The Kier molecular flexibility index (Phi) is 2.00. The normalized spacial score (nSPS) is 27.8. The van der Waals surface area contributed by atoms with Crippen molar-refractivity contribution < 1.29 is 9.84 Å². The van der Waals surface area contributed by atoms with Gasteiger partial charge in [-0.1, -0.05) is 19.1 Å². The van der Waals surface area contributed by atoms with Crippen LogP contribution < -0.4 is 0 Å². The molecule has 0 amide bonds. The molecule has 1 aromatic rings. The van der Waals surface area contributed by atoms with Crippen LogP contribution in [-0.4, -0.2) is 18.3 Å². The molecular formula is C11H14O2. The van der Waals surface area contributed by atoms with E-state index < -0.39 is 0 Å². The number of rotatable bonds is 1. The molecule has 1 unspecified atom stereocenters. The average Bonchev–Trinajstić information content (AvgIpc) is 2.54. The van der Waals surface area contributed by atoms with Crippen LogP contribution in [0, 0.1) is 0 Å². The number of hydrogen-bond donors (Lipinski definition) is 1. The van der Waals surface area contributed by atoms with Crippen LogP contribution in [-0.2, 0) is 10.2 Å². The van der Waals surface area contributed by atoms with Gasteiger partial charge in [0.1, 0.15) is 5.75 Å². The molecule has 0 aromatic heterocycles. The van der Waals surface area contributed by atoms with Gasteiger partial charge in [-0.25, -0.2) is 0 Å². The second-order valence-electron chi connectivity index (χ2n) is 3.91. The third-order valence-corrected chi connectivity index (χ3v) is 2.78. The summed E-state index contributed by atoms with van der Waals surface area (Å²) >= 11 is 0. The first kappa shape index (κ1) is 8.57. The van der Waals surface area contributed by atoms with Gasteiger partial charge in [0.25, 0.3) is 0 Å². The van der Waals surface area contributed by atoms with E-state index in [0.29, 0.717) is 5.75 Å². The molecule has 0 spiro atoms. The molecule has 2 rings (SSSR count). The minimum Gasteiger partial charge on any atom is -0.508 e. The van der Waals surface area contributed by atoms with Gasteiger partial charge in [-0.2, -0.15) is 0 Å². The van der Waals surface area contributed by atoms with Crippen LogP contribution in [0.25, 0.3) is 0 Å². The molecule has 1 aromatic carbocycles. The van der Waals surface area contributed by atoms with Gasteiger partial charge in [0.05, 0.1) is 6.61 Å². The Hall–Kier alpha value is -1.02. The Balaban J connectivity index is 2.29. The molecule has 0 radical (unpaired) electrons. The smallest absolute Gasteiger partial charge is 0.115 e. The van der Waals surface area contributed by atoms with Crippen molar-refractivity contribution in [1.82, 2.24) is 0 Å². The zero-order valence-electron chi connectivity index (χ0n) is 7.79. The molecule has 1 N–H and O–H groups in total. The molecule has 1 aliphatic rings. The summed E-state index contributed by atoms with van der Waals surface area (Å²) in [7, 11) is 0. The minimum atomic E-state index is 0.147. The van der Waals surface area contributed by atoms with E-state index in [1.165, 1.54) is 5.56 Å². The fourth-order valence-corrected chi connectivity index (χ4v) is 1.76. The number of ether oxygens (including phenoxy) is 1. The first-order valence-corrected chi connectivity index (χ1v) is 4.58. The molecule has 0 saturated carbocycles. The molecule has 1 atom stereocenters. The van der Waals surface area contributed by atoms with Gasteiger partial charge in [-0.05, 0) is 24.1 Å². The van der Waals surface area contributed by atoms with E-state index in [1.54, 1.807) is 12.1 Å². The first-order chi connectivity index (χ1) is 6.21. The predicted molar refractivity (Wildman–Crippen MR) is 50.9 cm³/mol. The lowest BCUT2D eigenvalue weighted by Crippen LogP contribution is -2.21.